The van der Waals surface area contributed by atoms with Crippen LogP contribution in [0, 0.1) is 0 Å². The molecule has 9 heavy (non-hydrogen) atoms. The Morgan fingerprint density at radius 1 is 1.33 bits per heavy atom. The molecule has 0 radical (unpaired) electrons. The second-order valence-corrected chi connectivity index (χ2v) is 3.80. The molecule has 0 amide bonds. The van der Waals surface area contributed by atoms with Gasteiger partial charge >= 0.3 is 143 Å². The third-order valence-corrected chi connectivity index (χ3v) is 2.43. The molecular weight excluding hydrogens is 220 g/mol. The summed E-state index contributed by atoms with van der Waals surface area (Å²) in [6.45, 7) is 0. The summed E-state index contributed by atoms with van der Waals surface area (Å²) in [6, 6.07) is 0. The monoisotopic (exact) mass is 226 g/mol. The molecule has 1 atom stereocenters. The van der Waals surface area contributed by atoms with Gasteiger partial charge in [-0.15, -0.1) is 0 Å². The molecule has 0 aromatic rings. The molecule has 48 valence electrons. The van der Waals surface area contributed by atoms with Crippen LogP contribution in [0.1, 0.15) is 2.85 Å². The molecule has 0 saturated carbocycles. The van der Waals surface area contributed by atoms with E-state index < -0.39 is 7.74 Å². The second-order valence-electron chi connectivity index (χ2n) is 1.06. The summed E-state index contributed by atoms with van der Waals surface area (Å²) in [4.78, 5) is 16.8. The van der Waals surface area contributed by atoms with Crippen molar-refractivity contribution in [2.24, 2.45) is 0 Å². The zero-order valence-electron chi connectivity index (χ0n) is 7.14. The molecule has 0 aromatic heterocycles. The quantitative estimate of drug-likeness (QED) is 0.201. The maximum absolute atomic E-state index is 8.40. The van der Waals surface area contributed by atoms with E-state index in [0.29, 0.717) is 0 Å². The first kappa shape index (κ1) is 15.4. The van der Waals surface area contributed by atoms with Gasteiger partial charge in [0.1, 0.15) is 0 Å². The van der Waals surface area contributed by atoms with E-state index in [1.165, 1.54) is 0 Å². The SMILES string of the molecule is OP1(O)(OP)OO1.[H-].[H-].[K+].[K+]. The molecule has 1 fully saturated rings. The smallest absolute Gasteiger partial charge is 1.00 e. The second kappa shape index (κ2) is 4.97. The summed E-state index contributed by atoms with van der Waals surface area (Å²) >= 11 is 0. The van der Waals surface area contributed by atoms with Crippen molar-refractivity contribution < 1.29 is 129 Å². The van der Waals surface area contributed by atoms with Gasteiger partial charge in [0, 0.05) is 0 Å². The first-order chi connectivity index (χ1) is 3.05. The topological polar surface area (TPSA) is 74.8 Å². The predicted molar refractivity (Wildman–Crippen MR) is 26.5 cm³/mol. The number of hydrogen-bond donors (Lipinski definition) is 2. The Morgan fingerprint density at radius 3 is 1.67 bits per heavy atom. The molecule has 0 aliphatic carbocycles. The third kappa shape index (κ3) is 5.28. The minimum Gasteiger partial charge on any atom is -1.00 e. The van der Waals surface area contributed by atoms with Gasteiger partial charge in [0.25, 0.3) is 0 Å². The molecule has 9 heteroatoms. The van der Waals surface area contributed by atoms with E-state index in [9.17, 15) is 0 Å². The first-order valence-electron chi connectivity index (χ1n) is 1.35. The fraction of sp³-hybridized carbons (Fsp3) is 0. The van der Waals surface area contributed by atoms with Gasteiger partial charge in [-0.2, -0.15) is 0 Å². The zero-order valence-corrected chi connectivity index (χ0v) is 13.4. The van der Waals surface area contributed by atoms with Crippen LogP contribution in [-0.4, -0.2) is 9.79 Å². The summed E-state index contributed by atoms with van der Waals surface area (Å²) in [5.74, 6) is 0. The fourth-order valence-corrected chi connectivity index (χ4v) is 0.707. The Balaban J connectivity index is -0.0000000612. The van der Waals surface area contributed by atoms with Crippen LogP contribution >= 0.6 is 17.2 Å². The Kier molecular flexibility index (Phi) is 8.52. The van der Waals surface area contributed by atoms with Crippen LogP contribution in [0.2, 0.25) is 0 Å². The predicted octanol–water partition coefficient (Wildman–Crippen LogP) is -5.90. The number of hydrogen-bond acceptors (Lipinski definition) is 5. The molecule has 2 N–H and O–H groups in total. The summed E-state index contributed by atoms with van der Waals surface area (Å²) in [6.07, 6.45) is 0. The van der Waals surface area contributed by atoms with Gasteiger partial charge in [-0.1, -0.05) is 0 Å². The van der Waals surface area contributed by atoms with Crippen LogP contribution in [-0.2, 0) is 13.7 Å². The third-order valence-electron chi connectivity index (χ3n) is 0.449. The standard InChI is InChI=1S/2K.H4O5P2.2H/c;;1-7(2,5-6)3-4-7;;/h;;1-2H,6H2;;/q2*+1;;2*-1. The Bertz CT molecular complexity index is 103. The van der Waals surface area contributed by atoms with Crippen molar-refractivity contribution in [1.29, 1.82) is 0 Å². The first-order valence-corrected chi connectivity index (χ1v) is 3.72. The van der Waals surface area contributed by atoms with Gasteiger partial charge in [0.15, 0.2) is 0 Å². The van der Waals surface area contributed by atoms with Crippen molar-refractivity contribution in [3.05, 3.63) is 0 Å². The van der Waals surface area contributed by atoms with Gasteiger partial charge in [-0.3, -0.25) is 0 Å². The van der Waals surface area contributed by atoms with Crippen LogP contribution in [0.4, 0.5) is 0 Å². The van der Waals surface area contributed by atoms with E-state index >= 15 is 0 Å². The molecule has 5 nitrogen and oxygen atoms in total. The Labute approximate surface area is 143 Å². The molecule has 1 saturated heterocycles. The van der Waals surface area contributed by atoms with Gasteiger partial charge in [-0.25, -0.2) is 0 Å². The van der Waals surface area contributed by atoms with Crippen molar-refractivity contribution in [1.82, 2.24) is 0 Å². The average molecular weight is 226 g/mol. The number of rotatable bonds is 1. The molecule has 0 spiro atoms. The molecule has 1 unspecified atom stereocenters. The van der Waals surface area contributed by atoms with E-state index in [4.69, 9.17) is 9.79 Å². The van der Waals surface area contributed by atoms with Crippen molar-refractivity contribution in [2.75, 3.05) is 0 Å². The molecule has 1 heterocycles. The molecular formula is H6K2O5P2. The molecule has 1 aliphatic rings. The maximum Gasteiger partial charge on any atom is 1.00 e. The van der Waals surface area contributed by atoms with Crippen LogP contribution in [0.15, 0.2) is 0 Å². The van der Waals surface area contributed by atoms with E-state index in [2.05, 4.69) is 13.7 Å². The minimum absolute atomic E-state index is 0. The summed E-state index contributed by atoms with van der Waals surface area (Å²) in [5, 5.41) is 0. The summed E-state index contributed by atoms with van der Waals surface area (Å²) in [7, 11) is -2.74. The van der Waals surface area contributed by atoms with Gasteiger partial charge in [-0.05, 0) is 0 Å². The van der Waals surface area contributed by atoms with Crippen molar-refractivity contribution in [3.8, 4) is 0 Å². The van der Waals surface area contributed by atoms with Crippen LogP contribution in [0.5, 0.6) is 0 Å². The van der Waals surface area contributed by atoms with Gasteiger partial charge in [0.05, 0.1) is 0 Å². The van der Waals surface area contributed by atoms with Crippen LogP contribution in [0.25, 0.3) is 0 Å². The largest absolute Gasteiger partial charge is 1.00 e. The van der Waals surface area contributed by atoms with Crippen LogP contribution in [0.3, 0.4) is 0 Å². The summed E-state index contributed by atoms with van der Waals surface area (Å²) < 4.78 is 11.4. The summed E-state index contributed by atoms with van der Waals surface area (Å²) in [5.41, 5.74) is 0. The van der Waals surface area contributed by atoms with Crippen molar-refractivity contribution >= 4 is 17.2 Å². The molecule has 1 rings (SSSR count). The van der Waals surface area contributed by atoms with Crippen molar-refractivity contribution in [3.63, 3.8) is 0 Å². The normalized spacial score (nSPS) is 29.9. The molecule has 0 aromatic carbocycles. The zero-order chi connectivity index (χ0) is 5.57. The minimum atomic E-state index is -4.36. The fourth-order valence-electron chi connectivity index (χ4n) is 0.0786. The van der Waals surface area contributed by atoms with E-state index in [-0.39, 0.29) is 106 Å². The van der Waals surface area contributed by atoms with Crippen LogP contribution < -0.4 is 103 Å². The average Bonchev–Trinajstić information content (AvgIpc) is 2.20. The van der Waals surface area contributed by atoms with E-state index in [0.717, 1.165) is 0 Å². The van der Waals surface area contributed by atoms with Gasteiger partial charge in [0.2, 0.25) is 0 Å². The molecule has 1 aliphatic heterocycles. The Morgan fingerprint density at radius 2 is 1.67 bits per heavy atom. The van der Waals surface area contributed by atoms with Crippen molar-refractivity contribution in [2.45, 2.75) is 0 Å². The maximum atomic E-state index is 8.40. The van der Waals surface area contributed by atoms with Gasteiger partial charge < -0.3 is 2.85 Å². The molecule has 0 bridgehead atoms. The van der Waals surface area contributed by atoms with E-state index in [1.54, 1.807) is 9.47 Å². The van der Waals surface area contributed by atoms with E-state index in [1.807, 2.05) is 0 Å². The Hall–Kier alpha value is 3.93.